The van der Waals surface area contributed by atoms with E-state index in [2.05, 4.69) is 34.3 Å². The van der Waals surface area contributed by atoms with Gasteiger partial charge in [0.25, 0.3) is 0 Å². The highest BCUT2D eigenvalue weighted by atomic mass is 16.1. The number of nitrogens with two attached hydrogens (primary N) is 1. The van der Waals surface area contributed by atoms with Gasteiger partial charge in [0.15, 0.2) is 5.96 Å². The molecule has 0 saturated carbocycles. The number of amides is 1. The Kier molecular flexibility index (Phi) is 4.76. The molecular weight excluding hydrogens is 252 g/mol. The van der Waals surface area contributed by atoms with E-state index in [1.54, 1.807) is 6.08 Å². The van der Waals surface area contributed by atoms with Gasteiger partial charge in [0.2, 0.25) is 5.91 Å². The SMILES string of the molecule is C=CCNC(=O)CN=C(N)Nc1ccc2c(c1)CCC2. The van der Waals surface area contributed by atoms with Gasteiger partial charge in [0.05, 0.1) is 0 Å². The van der Waals surface area contributed by atoms with Crippen molar-refractivity contribution in [2.45, 2.75) is 19.3 Å². The Labute approximate surface area is 119 Å². The van der Waals surface area contributed by atoms with Crippen LogP contribution in [0.4, 0.5) is 5.69 Å². The lowest BCUT2D eigenvalue weighted by molar-refractivity contribution is -0.119. The second-order valence-electron chi connectivity index (χ2n) is 4.76. The number of hydrogen-bond donors (Lipinski definition) is 3. The Morgan fingerprint density at radius 2 is 2.20 bits per heavy atom. The van der Waals surface area contributed by atoms with E-state index in [9.17, 15) is 4.79 Å². The maximum absolute atomic E-state index is 11.4. The summed E-state index contributed by atoms with van der Waals surface area (Å²) in [5, 5.41) is 5.65. The molecule has 4 N–H and O–H groups in total. The number of nitrogens with one attached hydrogen (secondary N) is 2. The van der Waals surface area contributed by atoms with Crippen LogP contribution in [-0.2, 0) is 17.6 Å². The van der Waals surface area contributed by atoms with Gasteiger partial charge in [-0.15, -0.1) is 6.58 Å². The van der Waals surface area contributed by atoms with E-state index in [0.29, 0.717) is 6.54 Å². The fourth-order valence-electron chi connectivity index (χ4n) is 2.24. The molecule has 0 unspecified atom stereocenters. The minimum atomic E-state index is -0.177. The number of benzene rings is 1. The number of nitrogens with zero attached hydrogens (tertiary/aromatic N) is 1. The predicted octanol–water partition coefficient (Wildman–Crippen LogP) is 1.20. The number of carbonyl (C=O) groups is 1. The van der Waals surface area contributed by atoms with Gasteiger partial charge in [-0.05, 0) is 42.5 Å². The minimum absolute atomic E-state index is 0.0115. The Hall–Kier alpha value is -2.30. The molecule has 1 aliphatic carbocycles. The first kappa shape index (κ1) is 14.1. The number of anilines is 1. The second-order valence-corrected chi connectivity index (χ2v) is 4.76. The third-order valence-electron chi connectivity index (χ3n) is 3.21. The van der Waals surface area contributed by atoms with Crippen LogP contribution in [-0.4, -0.2) is 25.0 Å². The fraction of sp³-hybridized carbons (Fsp3) is 0.333. The zero-order valence-corrected chi connectivity index (χ0v) is 11.5. The van der Waals surface area contributed by atoms with E-state index in [1.165, 1.54) is 17.5 Å². The number of aliphatic imine (C=N–C) groups is 1. The average Bonchev–Trinajstić information content (AvgIpc) is 2.90. The topological polar surface area (TPSA) is 79.5 Å². The number of hydrogen-bond acceptors (Lipinski definition) is 2. The van der Waals surface area contributed by atoms with Crippen molar-refractivity contribution in [1.82, 2.24) is 5.32 Å². The van der Waals surface area contributed by atoms with Crippen LogP contribution >= 0.6 is 0 Å². The monoisotopic (exact) mass is 272 g/mol. The zero-order chi connectivity index (χ0) is 14.4. The van der Waals surface area contributed by atoms with Gasteiger partial charge in [-0.3, -0.25) is 4.79 Å². The van der Waals surface area contributed by atoms with E-state index in [4.69, 9.17) is 5.73 Å². The van der Waals surface area contributed by atoms with Crippen molar-refractivity contribution in [3.63, 3.8) is 0 Å². The summed E-state index contributed by atoms with van der Waals surface area (Å²) in [6.45, 7) is 3.97. The van der Waals surface area contributed by atoms with Crippen LogP contribution in [0.2, 0.25) is 0 Å². The van der Waals surface area contributed by atoms with Gasteiger partial charge < -0.3 is 16.4 Å². The van der Waals surface area contributed by atoms with Gasteiger partial charge in [-0.25, -0.2) is 4.99 Å². The van der Waals surface area contributed by atoms with Crippen molar-refractivity contribution in [2.75, 3.05) is 18.4 Å². The molecular formula is C15H20N4O. The molecule has 0 atom stereocenters. The Morgan fingerprint density at radius 3 is 3.00 bits per heavy atom. The molecule has 0 heterocycles. The lowest BCUT2D eigenvalue weighted by atomic mass is 10.1. The summed E-state index contributed by atoms with van der Waals surface area (Å²) in [6, 6.07) is 6.21. The zero-order valence-electron chi connectivity index (χ0n) is 11.5. The molecule has 2 rings (SSSR count). The maximum Gasteiger partial charge on any atom is 0.242 e. The van der Waals surface area contributed by atoms with Crippen LogP contribution in [0.5, 0.6) is 0 Å². The first-order valence-electron chi connectivity index (χ1n) is 6.75. The standard InChI is InChI=1S/C15H20N4O/c1-2-8-17-14(20)10-18-15(16)19-13-7-6-11-4-3-5-12(11)9-13/h2,6-7,9H,1,3-5,8,10H2,(H,17,20)(H3,16,18,19). The van der Waals surface area contributed by atoms with Crippen molar-refractivity contribution in [3.8, 4) is 0 Å². The van der Waals surface area contributed by atoms with E-state index < -0.39 is 0 Å². The molecule has 0 aliphatic heterocycles. The van der Waals surface area contributed by atoms with Crippen molar-refractivity contribution < 1.29 is 4.79 Å². The molecule has 1 aromatic rings. The Morgan fingerprint density at radius 1 is 1.40 bits per heavy atom. The number of aryl methyl sites for hydroxylation is 2. The molecule has 1 aliphatic rings. The van der Waals surface area contributed by atoms with Gasteiger partial charge >= 0.3 is 0 Å². The molecule has 0 aromatic heterocycles. The van der Waals surface area contributed by atoms with Crippen molar-refractivity contribution in [1.29, 1.82) is 0 Å². The number of rotatable bonds is 5. The summed E-state index contributed by atoms with van der Waals surface area (Å²) in [6.07, 6.45) is 5.11. The lowest BCUT2D eigenvalue weighted by Crippen LogP contribution is -2.29. The number of fused-ring (bicyclic) bond motifs is 1. The predicted molar refractivity (Wildman–Crippen MR) is 81.8 cm³/mol. The summed E-state index contributed by atoms with van der Waals surface area (Å²) in [7, 11) is 0. The van der Waals surface area contributed by atoms with Gasteiger partial charge in [0, 0.05) is 12.2 Å². The van der Waals surface area contributed by atoms with Gasteiger partial charge in [-0.2, -0.15) is 0 Å². The summed E-state index contributed by atoms with van der Waals surface area (Å²) < 4.78 is 0. The molecule has 0 radical (unpaired) electrons. The largest absolute Gasteiger partial charge is 0.370 e. The van der Waals surface area contributed by atoms with Crippen LogP contribution in [0.1, 0.15) is 17.5 Å². The number of guanidine groups is 1. The molecule has 0 bridgehead atoms. The molecule has 5 nitrogen and oxygen atoms in total. The van der Waals surface area contributed by atoms with Crippen molar-refractivity contribution in [2.24, 2.45) is 10.7 Å². The highest BCUT2D eigenvalue weighted by Crippen LogP contribution is 2.24. The molecule has 0 saturated heterocycles. The van der Waals surface area contributed by atoms with E-state index >= 15 is 0 Å². The van der Waals surface area contributed by atoms with Gasteiger partial charge in [-0.1, -0.05) is 12.1 Å². The molecule has 106 valence electrons. The fourth-order valence-corrected chi connectivity index (χ4v) is 2.24. The first-order valence-corrected chi connectivity index (χ1v) is 6.75. The minimum Gasteiger partial charge on any atom is -0.370 e. The number of carbonyl (C=O) groups excluding carboxylic acids is 1. The van der Waals surface area contributed by atoms with Crippen LogP contribution < -0.4 is 16.4 Å². The third-order valence-corrected chi connectivity index (χ3v) is 3.21. The van der Waals surface area contributed by atoms with E-state index in [1.807, 2.05) is 6.07 Å². The Bertz CT molecular complexity index is 537. The quantitative estimate of drug-likeness (QED) is 0.428. The second kappa shape index (κ2) is 6.75. The summed E-state index contributed by atoms with van der Waals surface area (Å²) >= 11 is 0. The molecule has 1 amide bonds. The highest BCUT2D eigenvalue weighted by Gasteiger charge is 2.10. The highest BCUT2D eigenvalue weighted by molar-refractivity contribution is 5.94. The van der Waals surface area contributed by atoms with Crippen LogP contribution in [0.3, 0.4) is 0 Å². The van der Waals surface area contributed by atoms with Crippen molar-refractivity contribution in [3.05, 3.63) is 42.0 Å². The lowest BCUT2D eigenvalue weighted by Gasteiger charge is -2.08. The van der Waals surface area contributed by atoms with Crippen LogP contribution in [0, 0.1) is 0 Å². The maximum atomic E-state index is 11.4. The van der Waals surface area contributed by atoms with Crippen LogP contribution in [0.15, 0.2) is 35.8 Å². The summed E-state index contributed by atoms with van der Waals surface area (Å²) in [5.74, 6) is 0.0697. The normalized spacial score (nSPS) is 13.7. The summed E-state index contributed by atoms with van der Waals surface area (Å²) in [4.78, 5) is 15.4. The smallest absolute Gasteiger partial charge is 0.242 e. The molecule has 20 heavy (non-hydrogen) atoms. The Balaban J connectivity index is 1.89. The van der Waals surface area contributed by atoms with E-state index in [-0.39, 0.29) is 18.4 Å². The molecule has 0 spiro atoms. The average molecular weight is 272 g/mol. The van der Waals surface area contributed by atoms with Crippen LogP contribution in [0.25, 0.3) is 0 Å². The van der Waals surface area contributed by atoms with E-state index in [0.717, 1.165) is 18.5 Å². The molecule has 5 heteroatoms. The van der Waals surface area contributed by atoms with Crippen molar-refractivity contribution >= 4 is 17.6 Å². The third kappa shape index (κ3) is 3.85. The molecule has 0 fully saturated rings. The first-order chi connectivity index (χ1) is 9.69. The summed E-state index contributed by atoms with van der Waals surface area (Å²) in [5.41, 5.74) is 9.46. The molecule has 1 aromatic carbocycles. The van der Waals surface area contributed by atoms with Gasteiger partial charge in [0.1, 0.15) is 6.54 Å².